The molecule has 0 amide bonds. The number of rotatable bonds is 4. The largest absolute Gasteiger partial charge is 0.396 e. The monoisotopic (exact) mass is 258 g/mol. The first-order chi connectivity index (χ1) is 9.15. The number of nitrogens with one attached hydrogen (secondary N) is 1. The average molecular weight is 258 g/mol. The highest BCUT2D eigenvalue weighted by Gasteiger charge is 2.41. The molecule has 0 unspecified atom stereocenters. The summed E-state index contributed by atoms with van der Waals surface area (Å²) < 4.78 is 1.65. The zero-order valence-corrected chi connectivity index (χ0v) is 11.0. The molecule has 1 saturated carbocycles. The molecule has 1 heterocycles. The second kappa shape index (κ2) is 4.38. The van der Waals surface area contributed by atoms with E-state index in [1.54, 1.807) is 17.7 Å². The fourth-order valence-corrected chi connectivity index (χ4v) is 2.41. The topological polar surface area (TPSA) is 54.3 Å². The Morgan fingerprint density at radius 1 is 1.37 bits per heavy atom. The van der Waals surface area contributed by atoms with E-state index in [2.05, 4.69) is 5.32 Å². The van der Waals surface area contributed by atoms with E-state index in [9.17, 15) is 9.90 Å². The van der Waals surface area contributed by atoms with Crippen LogP contribution in [0.5, 0.6) is 0 Å². The van der Waals surface area contributed by atoms with Gasteiger partial charge in [-0.05, 0) is 18.9 Å². The molecule has 1 aliphatic carbocycles. The summed E-state index contributed by atoms with van der Waals surface area (Å²) in [4.78, 5) is 11.9. The molecule has 1 fully saturated rings. The Balaban J connectivity index is 1.99. The predicted molar refractivity (Wildman–Crippen MR) is 76.4 cm³/mol. The third kappa shape index (κ3) is 2.12. The van der Waals surface area contributed by atoms with Crippen LogP contribution in [0.2, 0.25) is 0 Å². The molecular formula is C15H18N2O2. The molecular weight excluding hydrogens is 240 g/mol. The van der Waals surface area contributed by atoms with Crippen LogP contribution < -0.4 is 10.9 Å². The number of fused-ring (bicyclic) bond motifs is 1. The van der Waals surface area contributed by atoms with E-state index in [1.165, 1.54) is 0 Å². The lowest BCUT2D eigenvalue weighted by molar-refractivity contribution is 0.220. The van der Waals surface area contributed by atoms with Crippen molar-refractivity contribution in [3.05, 3.63) is 40.7 Å². The van der Waals surface area contributed by atoms with E-state index in [0.29, 0.717) is 0 Å². The summed E-state index contributed by atoms with van der Waals surface area (Å²) in [6.45, 7) is 0.934. The van der Waals surface area contributed by atoms with Gasteiger partial charge in [0.15, 0.2) is 0 Å². The lowest BCUT2D eigenvalue weighted by atomic mass is 10.1. The second-order valence-corrected chi connectivity index (χ2v) is 5.48. The summed E-state index contributed by atoms with van der Waals surface area (Å²) in [7, 11) is 1.78. The number of hydrogen-bond donors (Lipinski definition) is 2. The first-order valence-electron chi connectivity index (χ1n) is 6.59. The quantitative estimate of drug-likeness (QED) is 0.878. The molecule has 0 spiro atoms. The molecule has 0 aliphatic heterocycles. The third-order valence-electron chi connectivity index (χ3n) is 4.10. The van der Waals surface area contributed by atoms with Crippen LogP contribution in [-0.4, -0.2) is 22.8 Å². The average Bonchev–Trinajstić information content (AvgIpc) is 3.22. The van der Waals surface area contributed by atoms with Gasteiger partial charge >= 0.3 is 0 Å². The number of benzene rings is 1. The standard InChI is InChI=1S/C15H18N2O2/c1-17-13-5-3-2-4-11(13)12(8-14(17)19)16-9-15(10-18)6-7-15/h2-5,8,16,18H,6-7,9-10H2,1H3. The molecule has 0 atom stereocenters. The Bertz CT molecular complexity index is 671. The van der Waals surface area contributed by atoms with Gasteiger partial charge in [0.25, 0.3) is 5.56 Å². The molecule has 4 nitrogen and oxygen atoms in total. The molecule has 0 bridgehead atoms. The van der Waals surface area contributed by atoms with Gasteiger partial charge in [0.05, 0.1) is 12.1 Å². The maximum atomic E-state index is 11.9. The molecule has 0 radical (unpaired) electrons. The summed E-state index contributed by atoms with van der Waals surface area (Å²) in [5, 5.41) is 13.7. The number of para-hydroxylation sites is 1. The smallest absolute Gasteiger partial charge is 0.252 e. The van der Waals surface area contributed by atoms with Gasteiger partial charge in [-0.1, -0.05) is 18.2 Å². The zero-order valence-electron chi connectivity index (χ0n) is 11.0. The molecule has 4 heteroatoms. The van der Waals surface area contributed by atoms with Crippen LogP contribution in [0, 0.1) is 5.41 Å². The number of aromatic nitrogens is 1. The van der Waals surface area contributed by atoms with Gasteiger partial charge in [0.1, 0.15) is 0 Å². The zero-order chi connectivity index (χ0) is 13.5. The van der Waals surface area contributed by atoms with Gasteiger partial charge in [-0.25, -0.2) is 0 Å². The summed E-state index contributed by atoms with van der Waals surface area (Å²) in [5.41, 5.74) is 1.79. The van der Waals surface area contributed by atoms with Crippen LogP contribution in [0.25, 0.3) is 10.9 Å². The summed E-state index contributed by atoms with van der Waals surface area (Å²) in [5.74, 6) is 0. The summed E-state index contributed by atoms with van der Waals surface area (Å²) in [6.07, 6.45) is 2.11. The van der Waals surface area contributed by atoms with Crippen molar-refractivity contribution in [2.45, 2.75) is 12.8 Å². The molecule has 1 aromatic heterocycles. The van der Waals surface area contributed by atoms with E-state index in [1.807, 2.05) is 24.3 Å². The van der Waals surface area contributed by atoms with Crippen molar-refractivity contribution in [3.63, 3.8) is 0 Å². The fraction of sp³-hybridized carbons (Fsp3) is 0.400. The summed E-state index contributed by atoms with van der Waals surface area (Å²) >= 11 is 0. The lowest BCUT2D eigenvalue weighted by Gasteiger charge is -2.16. The minimum Gasteiger partial charge on any atom is -0.396 e. The first kappa shape index (κ1) is 12.2. The maximum Gasteiger partial charge on any atom is 0.252 e. The van der Waals surface area contributed by atoms with Crippen LogP contribution >= 0.6 is 0 Å². The van der Waals surface area contributed by atoms with Crippen LogP contribution in [0.4, 0.5) is 5.69 Å². The molecule has 2 aromatic rings. The number of anilines is 1. The van der Waals surface area contributed by atoms with Crippen molar-refractivity contribution in [1.29, 1.82) is 0 Å². The highest BCUT2D eigenvalue weighted by Crippen LogP contribution is 2.45. The fourth-order valence-electron chi connectivity index (χ4n) is 2.41. The van der Waals surface area contributed by atoms with Crippen molar-refractivity contribution in [3.8, 4) is 0 Å². The van der Waals surface area contributed by atoms with E-state index < -0.39 is 0 Å². The van der Waals surface area contributed by atoms with Crippen LogP contribution in [0.3, 0.4) is 0 Å². The van der Waals surface area contributed by atoms with Gasteiger partial charge in [-0.2, -0.15) is 0 Å². The SMILES string of the molecule is Cn1c(=O)cc(NCC2(CO)CC2)c2ccccc21. The minimum atomic E-state index is -0.0185. The third-order valence-corrected chi connectivity index (χ3v) is 4.10. The van der Waals surface area contributed by atoms with Gasteiger partial charge in [0.2, 0.25) is 0 Å². The highest BCUT2D eigenvalue weighted by atomic mass is 16.3. The number of nitrogens with zero attached hydrogens (tertiary/aromatic N) is 1. The Morgan fingerprint density at radius 2 is 2.11 bits per heavy atom. The van der Waals surface area contributed by atoms with Crippen molar-refractivity contribution in [2.24, 2.45) is 12.5 Å². The minimum absolute atomic E-state index is 0.0185. The summed E-state index contributed by atoms with van der Waals surface area (Å²) in [6, 6.07) is 9.49. The van der Waals surface area contributed by atoms with Crippen molar-refractivity contribution < 1.29 is 5.11 Å². The number of aryl methyl sites for hydroxylation is 1. The molecule has 2 N–H and O–H groups in total. The predicted octanol–water partition coefficient (Wildman–Crippen LogP) is 1.72. The number of aliphatic hydroxyl groups excluding tert-OH is 1. The van der Waals surface area contributed by atoms with E-state index in [-0.39, 0.29) is 17.6 Å². The van der Waals surface area contributed by atoms with Crippen LogP contribution in [0.15, 0.2) is 35.1 Å². The lowest BCUT2D eigenvalue weighted by Crippen LogP contribution is -2.22. The van der Waals surface area contributed by atoms with Gasteiger partial charge in [-0.15, -0.1) is 0 Å². The maximum absolute atomic E-state index is 11.9. The van der Waals surface area contributed by atoms with Crippen LogP contribution in [-0.2, 0) is 7.05 Å². The van der Waals surface area contributed by atoms with Crippen LogP contribution in [0.1, 0.15) is 12.8 Å². The molecule has 1 aliphatic rings. The molecule has 0 saturated heterocycles. The molecule has 100 valence electrons. The van der Waals surface area contributed by atoms with Gasteiger partial charge in [-0.3, -0.25) is 4.79 Å². The van der Waals surface area contributed by atoms with Crippen molar-refractivity contribution in [2.75, 3.05) is 18.5 Å². The molecule has 3 rings (SSSR count). The normalized spacial score (nSPS) is 16.5. The number of pyridine rings is 1. The Hall–Kier alpha value is -1.81. The van der Waals surface area contributed by atoms with Gasteiger partial charge in [0, 0.05) is 36.1 Å². The van der Waals surface area contributed by atoms with E-state index in [4.69, 9.17) is 0 Å². The number of aliphatic hydroxyl groups is 1. The Labute approximate surface area is 111 Å². The van der Waals surface area contributed by atoms with E-state index in [0.717, 1.165) is 36.0 Å². The Morgan fingerprint density at radius 3 is 2.79 bits per heavy atom. The first-order valence-corrected chi connectivity index (χ1v) is 6.59. The molecule has 19 heavy (non-hydrogen) atoms. The van der Waals surface area contributed by atoms with Crippen molar-refractivity contribution >= 4 is 16.6 Å². The number of hydrogen-bond acceptors (Lipinski definition) is 3. The molecule has 1 aromatic carbocycles. The van der Waals surface area contributed by atoms with Crippen molar-refractivity contribution in [1.82, 2.24) is 4.57 Å². The van der Waals surface area contributed by atoms with E-state index >= 15 is 0 Å². The second-order valence-electron chi connectivity index (χ2n) is 5.48. The highest BCUT2D eigenvalue weighted by molar-refractivity contribution is 5.91. The Kier molecular flexibility index (Phi) is 2.82. The van der Waals surface area contributed by atoms with Gasteiger partial charge < -0.3 is 15.0 Å².